The van der Waals surface area contributed by atoms with Crippen molar-refractivity contribution in [2.75, 3.05) is 6.54 Å². The average molecular weight is 450 g/mol. The second-order valence-corrected chi connectivity index (χ2v) is 8.28. The summed E-state index contributed by atoms with van der Waals surface area (Å²) in [4.78, 5) is 26.1. The number of hydrogen-bond acceptors (Lipinski definition) is 2. The maximum Gasteiger partial charge on any atom is 0.261 e. The van der Waals surface area contributed by atoms with E-state index in [1.54, 1.807) is 6.07 Å². The summed E-state index contributed by atoms with van der Waals surface area (Å²) in [7, 11) is 0. The van der Waals surface area contributed by atoms with Gasteiger partial charge in [-0.3, -0.25) is 14.5 Å². The summed E-state index contributed by atoms with van der Waals surface area (Å²) in [6.07, 6.45) is 0.458. The molecule has 3 nitrogen and oxygen atoms in total. The number of likely N-dealkylation sites (tertiary alicyclic amines) is 1. The minimum atomic E-state index is -0.188. The molecule has 1 unspecified atom stereocenters. The van der Waals surface area contributed by atoms with Crippen molar-refractivity contribution in [3.8, 4) is 0 Å². The van der Waals surface area contributed by atoms with E-state index in [0.717, 1.165) is 8.04 Å². The molecule has 0 aromatic heterocycles. The van der Waals surface area contributed by atoms with Crippen molar-refractivity contribution in [1.29, 1.82) is 0 Å². The van der Waals surface area contributed by atoms with Gasteiger partial charge in [-0.15, -0.1) is 0 Å². The summed E-state index contributed by atoms with van der Waals surface area (Å²) in [6.45, 7) is 6.86. The Morgan fingerprint density at radius 3 is 2.60 bits per heavy atom. The zero-order valence-corrected chi connectivity index (χ0v) is 15.5. The molecule has 0 bridgehead atoms. The highest BCUT2D eigenvalue weighted by atomic mass is 127. The van der Waals surface area contributed by atoms with Crippen molar-refractivity contribution in [2.24, 2.45) is 11.3 Å². The Morgan fingerprint density at radius 2 is 2.05 bits per heavy atom. The maximum atomic E-state index is 12.6. The van der Waals surface area contributed by atoms with Crippen molar-refractivity contribution < 1.29 is 9.59 Å². The summed E-state index contributed by atoms with van der Waals surface area (Å²) in [5, 5.41) is 0. The molecule has 108 valence electrons. The molecule has 5 heteroatoms. The number of imide groups is 1. The third-order valence-corrected chi connectivity index (χ3v) is 5.19. The summed E-state index contributed by atoms with van der Waals surface area (Å²) in [5.41, 5.74) is 0.623. The molecule has 1 fully saturated rings. The minimum absolute atomic E-state index is 0.0368. The molecule has 0 N–H and O–H groups in total. The largest absolute Gasteiger partial charge is 0.278 e. The molecule has 1 heterocycles. The minimum Gasteiger partial charge on any atom is -0.278 e. The summed E-state index contributed by atoms with van der Waals surface area (Å²) in [5.74, 6) is -0.0260. The van der Waals surface area contributed by atoms with Crippen LogP contribution in [0.1, 0.15) is 37.6 Å². The van der Waals surface area contributed by atoms with Gasteiger partial charge in [-0.2, -0.15) is 0 Å². The molecule has 1 saturated heterocycles. The number of benzene rings is 1. The molecular weight excluding hydrogens is 433 g/mol. The van der Waals surface area contributed by atoms with Gasteiger partial charge in [0.15, 0.2) is 0 Å². The average Bonchev–Trinajstić information content (AvgIpc) is 2.73. The zero-order chi connectivity index (χ0) is 15.1. The first-order valence-corrected chi connectivity index (χ1v) is 8.37. The lowest BCUT2D eigenvalue weighted by Gasteiger charge is -2.26. The van der Waals surface area contributed by atoms with E-state index in [2.05, 4.69) is 59.3 Å². The molecule has 1 aliphatic rings. The number of rotatable bonds is 1. The molecule has 0 saturated carbocycles. The molecule has 1 aromatic rings. The normalized spacial score (nSPS) is 19.6. The van der Waals surface area contributed by atoms with Crippen LogP contribution in [-0.4, -0.2) is 23.3 Å². The first kappa shape index (κ1) is 15.9. The van der Waals surface area contributed by atoms with Gasteiger partial charge >= 0.3 is 0 Å². The van der Waals surface area contributed by atoms with Crippen molar-refractivity contribution >= 4 is 50.3 Å². The molecule has 1 atom stereocenters. The molecular formula is C15H17BrINO2. The smallest absolute Gasteiger partial charge is 0.261 e. The van der Waals surface area contributed by atoms with Crippen molar-refractivity contribution in [3.05, 3.63) is 31.8 Å². The fourth-order valence-corrected chi connectivity index (χ4v) is 3.22. The lowest BCUT2D eigenvalue weighted by molar-refractivity contribution is -0.125. The van der Waals surface area contributed by atoms with Gasteiger partial charge in [-0.1, -0.05) is 36.7 Å². The van der Waals surface area contributed by atoms with Gasteiger partial charge in [0.2, 0.25) is 5.91 Å². The first-order chi connectivity index (χ1) is 9.20. The Labute approximate surface area is 141 Å². The topological polar surface area (TPSA) is 37.4 Å². The third kappa shape index (κ3) is 3.24. The SMILES string of the molecule is CC(C)(C)C1CC(=O)N(C(=O)c2cc(Br)ccc2I)C1. The van der Waals surface area contributed by atoms with Crippen LogP contribution in [0, 0.1) is 14.9 Å². The highest BCUT2D eigenvalue weighted by Gasteiger charge is 2.40. The van der Waals surface area contributed by atoms with Crippen molar-refractivity contribution in [2.45, 2.75) is 27.2 Å². The lowest BCUT2D eigenvalue weighted by atomic mass is 9.80. The third-order valence-electron chi connectivity index (χ3n) is 3.75. The van der Waals surface area contributed by atoms with Gasteiger partial charge in [-0.05, 0) is 52.1 Å². The second kappa shape index (κ2) is 5.75. The van der Waals surface area contributed by atoms with Crippen LogP contribution in [0.3, 0.4) is 0 Å². The van der Waals surface area contributed by atoms with E-state index in [4.69, 9.17) is 0 Å². The fourth-order valence-electron chi connectivity index (χ4n) is 2.29. The van der Waals surface area contributed by atoms with Crippen LogP contribution >= 0.6 is 38.5 Å². The molecule has 1 aromatic carbocycles. The van der Waals surface area contributed by atoms with Crippen LogP contribution in [-0.2, 0) is 4.79 Å². The summed E-state index contributed by atoms with van der Waals surface area (Å²) >= 11 is 5.50. The van der Waals surface area contributed by atoms with Gasteiger partial charge in [0.1, 0.15) is 0 Å². The predicted molar refractivity (Wildman–Crippen MR) is 90.5 cm³/mol. The zero-order valence-electron chi connectivity index (χ0n) is 11.7. The Morgan fingerprint density at radius 1 is 1.40 bits per heavy atom. The van der Waals surface area contributed by atoms with Crippen LogP contribution in [0.25, 0.3) is 0 Å². The standard InChI is InChI=1S/C15H17BrINO2/c1-15(2,3)9-6-13(19)18(8-9)14(20)11-7-10(16)4-5-12(11)17/h4-5,7,9H,6,8H2,1-3H3. The van der Waals surface area contributed by atoms with E-state index >= 15 is 0 Å². The molecule has 20 heavy (non-hydrogen) atoms. The highest BCUT2D eigenvalue weighted by Crippen LogP contribution is 2.35. The predicted octanol–water partition coefficient (Wildman–Crippen LogP) is 4.09. The van der Waals surface area contributed by atoms with Crippen LogP contribution in [0.2, 0.25) is 0 Å². The van der Waals surface area contributed by atoms with E-state index in [0.29, 0.717) is 18.5 Å². The number of halogens is 2. The summed E-state index contributed by atoms with van der Waals surface area (Å²) < 4.78 is 1.71. The second-order valence-electron chi connectivity index (χ2n) is 6.20. The quantitative estimate of drug-likeness (QED) is 0.478. The Balaban J connectivity index is 2.26. The number of nitrogens with zero attached hydrogens (tertiary/aromatic N) is 1. The van der Waals surface area contributed by atoms with Crippen LogP contribution in [0.15, 0.2) is 22.7 Å². The molecule has 2 amide bonds. The number of carbonyl (C=O) groups excluding carboxylic acids is 2. The molecule has 0 spiro atoms. The van der Waals surface area contributed by atoms with Gasteiger partial charge in [0.05, 0.1) is 5.56 Å². The molecule has 0 radical (unpaired) electrons. The van der Waals surface area contributed by atoms with E-state index in [1.807, 2.05) is 12.1 Å². The van der Waals surface area contributed by atoms with E-state index in [1.165, 1.54) is 4.90 Å². The fraction of sp³-hybridized carbons (Fsp3) is 0.467. The lowest BCUT2D eigenvalue weighted by Crippen LogP contribution is -2.34. The van der Waals surface area contributed by atoms with Crippen LogP contribution in [0.5, 0.6) is 0 Å². The van der Waals surface area contributed by atoms with Crippen molar-refractivity contribution in [3.63, 3.8) is 0 Å². The molecule has 2 rings (SSSR count). The number of amides is 2. The highest BCUT2D eigenvalue weighted by molar-refractivity contribution is 14.1. The van der Waals surface area contributed by atoms with Gasteiger partial charge in [0, 0.05) is 21.0 Å². The van der Waals surface area contributed by atoms with Gasteiger partial charge in [0.25, 0.3) is 5.91 Å². The van der Waals surface area contributed by atoms with E-state index in [-0.39, 0.29) is 23.1 Å². The van der Waals surface area contributed by atoms with Crippen LogP contribution < -0.4 is 0 Å². The maximum absolute atomic E-state index is 12.6. The monoisotopic (exact) mass is 449 g/mol. The van der Waals surface area contributed by atoms with Crippen molar-refractivity contribution in [1.82, 2.24) is 4.90 Å². The number of hydrogen-bond donors (Lipinski definition) is 0. The van der Waals surface area contributed by atoms with Crippen LogP contribution in [0.4, 0.5) is 0 Å². The van der Waals surface area contributed by atoms with E-state index < -0.39 is 0 Å². The Bertz CT molecular complexity index is 565. The van der Waals surface area contributed by atoms with E-state index in [9.17, 15) is 9.59 Å². The van der Waals surface area contributed by atoms with Gasteiger partial charge in [-0.25, -0.2) is 0 Å². The summed E-state index contributed by atoms with van der Waals surface area (Å²) in [6, 6.07) is 5.55. The Hall–Kier alpha value is -0.430. The molecule has 1 aliphatic heterocycles. The number of carbonyl (C=O) groups is 2. The molecule has 0 aliphatic carbocycles. The van der Waals surface area contributed by atoms with Gasteiger partial charge < -0.3 is 0 Å². The first-order valence-electron chi connectivity index (χ1n) is 6.50. The Kier molecular flexibility index (Phi) is 4.59.